The molecule has 6 heteroatoms. The van der Waals surface area contributed by atoms with E-state index < -0.39 is 5.97 Å². The van der Waals surface area contributed by atoms with E-state index in [4.69, 9.17) is 15.3 Å². The van der Waals surface area contributed by atoms with Crippen LogP contribution in [0.4, 0.5) is 11.5 Å². The van der Waals surface area contributed by atoms with Gasteiger partial charge in [-0.15, -0.1) is 0 Å². The molecular weight excluding hydrogens is 246 g/mol. The molecule has 6 nitrogen and oxygen atoms in total. The van der Waals surface area contributed by atoms with E-state index in [0.29, 0.717) is 12.4 Å². The highest BCUT2D eigenvalue weighted by molar-refractivity contribution is 5.96. The maximum absolute atomic E-state index is 11.0. The van der Waals surface area contributed by atoms with Crippen molar-refractivity contribution in [2.75, 3.05) is 17.7 Å². The second kappa shape index (κ2) is 5.01. The number of carboxylic acid groups (broad SMARTS) is 1. The fraction of sp³-hybridized carbons (Fsp3) is 0.231. The highest BCUT2D eigenvalue weighted by atomic mass is 16.4. The summed E-state index contributed by atoms with van der Waals surface area (Å²) in [6.45, 7) is 2.33. The number of aryl methyl sites for hydroxylation is 1. The average Bonchev–Trinajstić information content (AvgIpc) is 2.74. The molecule has 0 saturated heterocycles. The summed E-state index contributed by atoms with van der Waals surface area (Å²) in [5.41, 5.74) is 6.03. The third-order valence-electron chi connectivity index (χ3n) is 2.75. The van der Waals surface area contributed by atoms with Gasteiger partial charge in [0.1, 0.15) is 11.5 Å². The Morgan fingerprint density at radius 2 is 2.21 bits per heavy atom. The number of nitrogens with zero attached hydrogens (tertiary/aromatic N) is 2. The van der Waals surface area contributed by atoms with E-state index in [9.17, 15) is 4.79 Å². The van der Waals surface area contributed by atoms with Crippen molar-refractivity contribution in [2.45, 2.75) is 13.5 Å². The highest BCUT2D eigenvalue weighted by Gasteiger charge is 2.16. The van der Waals surface area contributed by atoms with Crippen LogP contribution in [-0.2, 0) is 6.54 Å². The molecule has 0 aliphatic heterocycles. The fourth-order valence-corrected chi connectivity index (χ4v) is 1.83. The Kier molecular flexibility index (Phi) is 3.41. The topological polar surface area (TPSA) is 92.6 Å². The van der Waals surface area contributed by atoms with Gasteiger partial charge in [-0.25, -0.2) is 9.78 Å². The number of pyridine rings is 1. The number of nitrogens with two attached hydrogens (primary N) is 1. The Hall–Kier alpha value is -2.50. The molecule has 2 heterocycles. The van der Waals surface area contributed by atoms with E-state index in [1.54, 1.807) is 11.9 Å². The molecule has 100 valence electrons. The summed E-state index contributed by atoms with van der Waals surface area (Å²) in [5.74, 6) is 0.947. The number of rotatable bonds is 4. The van der Waals surface area contributed by atoms with Crippen molar-refractivity contribution in [1.29, 1.82) is 0 Å². The number of furan rings is 1. The predicted octanol–water partition coefficient (Wildman–Crippen LogP) is 1.90. The quantitative estimate of drug-likeness (QED) is 0.873. The predicted molar refractivity (Wildman–Crippen MR) is 71.2 cm³/mol. The molecule has 0 fully saturated rings. The van der Waals surface area contributed by atoms with E-state index in [2.05, 4.69) is 4.98 Å². The van der Waals surface area contributed by atoms with Gasteiger partial charge in [-0.2, -0.15) is 0 Å². The lowest BCUT2D eigenvalue weighted by atomic mass is 10.2. The first-order valence-corrected chi connectivity index (χ1v) is 5.73. The number of hydrogen-bond donors (Lipinski definition) is 2. The summed E-state index contributed by atoms with van der Waals surface area (Å²) in [6.07, 6.45) is 1.43. The van der Waals surface area contributed by atoms with Crippen LogP contribution in [0.3, 0.4) is 0 Å². The summed E-state index contributed by atoms with van der Waals surface area (Å²) < 4.78 is 5.47. The van der Waals surface area contributed by atoms with E-state index in [1.807, 2.05) is 19.1 Å². The van der Waals surface area contributed by atoms with Crippen LogP contribution < -0.4 is 10.6 Å². The summed E-state index contributed by atoms with van der Waals surface area (Å²) in [4.78, 5) is 16.9. The van der Waals surface area contributed by atoms with Crippen molar-refractivity contribution >= 4 is 17.5 Å². The number of nitrogen functional groups attached to an aromatic ring is 1. The van der Waals surface area contributed by atoms with Crippen molar-refractivity contribution < 1.29 is 14.3 Å². The third-order valence-corrected chi connectivity index (χ3v) is 2.75. The minimum atomic E-state index is -1.07. The second-order valence-corrected chi connectivity index (χ2v) is 4.27. The number of aromatic carboxylic acids is 1. The minimum Gasteiger partial charge on any atom is -0.478 e. The Morgan fingerprint density at radius 1 is 1.47 bits per heavy atom. The number of aromatic nitrogens is 1. The second-order valence-electron chi connectivity index (χ2n) is 4.27. The zero-order chi connectivity index (χ0) is 14.0. The van der Waals surface area contributed by atoms with Crippen LogP contribution in [0.15, 0.2) is 28.8 Å². The Balaban J connectivity index is 2.26. The van der Waals surface area contributed by atoms with Gasteiger partial charge in [0.25, 0.3) is 0 Å². The lowest BCUT2D eigenvalue weighted by Gasteiger charge is -2.19. The van der Waals surface area contributed by atoms with Gasteiger partial charge in [0, 0.05) is 13.2 Å². The molecule has 0 saturated carbocycles. The zero-order valence-electron chi connectivity index (χ0n) is 10.8. The molecule has 2 rings (SSSR count). The Morgan fingerprint density at radius 3 is 2.79 bits per heavy atom. The maximum Gasteiger partial charge on any atom is 0.337 e. The van der Waals surface area contributed by atoms with Crippen LogP contribution in [0, 0.1) is 6.92 Å². The molecule has 2 aromatic heterocycles. The van der Waals surface area contributed by atoms with E-state index in [1.165, 1.54) is 12.3 Å². The summed E-state index contributed by atoms with van der Waals surface area (Å²) in [6, 6.07) is 5.11. The first kappa shape index (κ1) is 12.9. The smallest absolute Gasteiger partial charge is 0.337 e. The summed E-state index contributed by atoms with van der Waals surface area (Å²) >= 11 is 0. The first-order chi connectivity index (χ1) is 8.99. The van der Waals surface area contributed by atoms with Gasteiger partial charge in [-0.1, -0.05) is 0 Å². The normalized spacial score (nSPS) is 10.4. The van der Waals surface area contributed by atoms with Gasteiger partial charge in [-0.05, 0) is 25.1 Å². The van der Waals surface area contributed by atoms with Crippen LogP contribution in [0.1, 0.15) is 21.9 Å². The lowest BCUT2D eigenvalue weighted by molar-refractivity contribution is 0.0698. The van der Waals surface area contributed by atoms with Crippen molar-refractivity contribution in [2.24, 2.45) is 0 Å². The largest absolute Gasteiger partial charge is 0.478 e. The summed E-state index contributed by atoms with van der Waals surface area (Å²) in [5, 5.41) is 9.02. The molecule has 0 spiro atoms. The van der Waals surface area contributed by atoms with E-state index in [0.717, 1.165) is 11.5 Å². The average molecular weight is 261 g/mol. The molecule has 0 unspecified atom stereocenters. The molecule has 0 aliphatic carbocycles. The van der Waals surface area contributed by atoms with Crippen molar-refractivity contribution in [1.82, 2.24) is 4.98 Å². The van der Waals surface area contributed by atoms with Crippen LogP contribution in [0.5, 0.6) is 0 Å². The van der Waals surface area contributed by atoms with Crippen molar-refractivity contribution in [3.8, 4) is 0 Å². The molecular formula is C13H15N3O3. The van der Waals surface area contributed by atoms with Crippen LogP contribution in [0.2, 0.25) is 0 Å². The molecule has 0 aliphatic rings. The standard InChI is InChI=1S/C13H15N3O3/c1-8-3-4-9(19-8)7-16(2)12-11(14)10(13(17)18)5-6-15-12/h3-6H,7,14H2,1-2H3,(H,17,18). The van der Waals surface area contributed by atoms with Gasteiger partial charge in [-0.3, -0.25) is 0 Å². The van der Waals surface area contributed by atoms with Gasteiger partial charge >= 0.3 is 5.97 Å². The first-order valence-electron chi connectivity index (χ1n) is 5.73. The molecule has 19 heavy (non-hydrogen) atoms. The third kappa shape index (κ3) is 2.67. The zero-order valence-corrected chi connectivity index (χ0v) is 10.8. The molecule has 0 radical (unpaired) electrons. The number of carbonyl (C=O) groups is 1. The molecule has 0 amide bonds. The van der Waals surface area contributed by atoms with Crippen LogP contribution >= 0.6 is 0 Å². The van der Waals surface area contributed by atoms with Crippen LogP contribution in [-0.4, -0.2) is 23.1 Å². The highest BCUT2D eigenvalue weighted by Crippen LogP contribution is 2.24. The summed E-state index contributed by atoms with van der Waals surface area (Å²) in [7, 11) is 1.78. The molecule has 0 aromatic carbocycles. The van der Waals surface area contributed by atoms with Gasteiger partial charge in [0.2, 0.25) is 0 Å². The van der Waals surface area contributed by atoms with Gasteiger partial charge < -0.3 is 20.2 Å². The van der Waals surface area contributed by atoms with E-state index >= 15 is 0 Å². The number of hydrogen-bond acceptors (Lipinski definition) is 5. The monoisotopic (exact) mass is 261 g/mol. The number of carboxylic acids is 1. The van der Waals surface area contributed by atoms with E-state index in [-0.39, 0.29) is 11.3 Å². The SMILES string of the molecule is Cc1ccc(CN(C)c2nccc(C(=O)O)c2N)o1. The van der Waals surface area contributed by atoms with Gasteiger partial charge in [0.05, 0.1) is 17.8 Å². The number of anilines is 2. The minimum absolute atomic E-state index is 0.0486. The lowest BCUT2D eigenvalue weighted by Crippen LogP contribution is -2.20. The maximum atomic E-state index is 11.0. The fourth-order valence-electron chi connectivity index (χ4n) is 1.83. The van der Waals surface area contributed by atoms with Crippen molar-refractivity contribution in [3.63, 3.8) is 0 Å². The van der Waals surface area contributed by atoms with Crippen LogP contribution in [0.25, 0.3) is 0 Å². The Bertz CT molecular complexity index is 607. The van der Waals surface area contributed by atoms with Crippen molar-refractivity contribution in [3.05, 3.63) is 41.5 Å². The molecule has 2 aromatic rings. The molecule has 3 N–H and O–H groups in total. The van der Waals surface area contributed by atoms with Gasteiger partial charge in [0.15, 0.2) is 5.82 Å². The molecule has 0 atom stereocenters. The Labute approximate surface area is 110 Å². The molecule has 0 bridgehead atoms.